The van der Waals surface area contributed by atoms with Crippen LogP contribution in [0.3, 0.4) is 0 Å². The second-order valence-electron chi connectivity index (χ2n) is 5.17. The first-order chi connectivity index (χ1) is 12.7. The molecule has 9 heteroatoms. The van der Waals surface area contributed by atoms with Gasteiger partial charge in [0.05, 0.1) is 13.3 Å². The number of anilines is 1. The van der Waals surface area contributed by atoms with Crippen molar-refractivity contribution in [2.24, 2.45) is 5.10 Å². The largest absolute Gasteiger partial charge is 0.496 e. The van der Waals surface area contributed by atoms with E-state index < -0.39 is 0 Å². The molecule has 7 nitrogen and oxygen atoms in total. The van der Waals surface area contributed by atoms with Gasteiger partial charge in [-0.25, -0.2) is 10.1 Å². The lowest BCUT2D eigenvalue weighted by Crippen LogP contribution is -2.13. The standard InChI is InChI=1S/C17H17ClN6OS/c1-25-15-9-5-3-6-12(15)10-20-21-16-22-23-17(24(16)19)26-11-13-7-2-4-8-14(13)18/h2-10H,11,19H2,1H3,(H,21,22)/b20-10+. The van der Waals surface area contributed by atoms with Crippen molar-refractivity contribution in [2.45, 2.75) is 10.9 Å². The lowest BCUT2D eigenvalue weighted by molar-refractivity contribution is 0.414. The van der Waals surface area contributed by atoms with Crippen molar-refractivity contribution in [3.63, 3.8) is 0 Å². The number of methoxy groups -OCH3 is 1. The maximum absolute atomic E-state index is 6.16. The van der Waals surface area contributed by atoms with Crippen molar-refractivity contribution in [3.05, 3.63) is 64.7 Å². The van der Waals surface area contributed by atoms with Crippen molar-refractivity contribution in [2.75, 3.05) is 18.4 Å². The number of hydrazone groups is 1. The minimum atomic E-state index is 0.331. The monoisotopic (exact) mass is 388 g/mol. The maximum Gasteiger partial charge on any atom is 0.264 e. The Kier molecular flexibility index (Phi) is 5.98. The number of nitrogens with two attached hydrogens (primary N) is 1. The quantitative estimate of drug-likeness (QED) is 0.279. The zero-order chi connectivity index (χ0) is 18.4. The summed E-state index contributed by atoms with van der Waals surface area (Å²) in [7, 11) is 1.61. The highest BCUT2D eigenvalue weighted by molar-refractivity contribution is 7.98. The molecule has 0 atom stereocenters. The van der Waals surface area contributed by atoms with E-state index in [1.165, 1.54) is 16.4 Å². The summed E-state index contributed by atoms with van der Waals surface area (Å²) < 4.78 is 6.62. The molecule has 0 aliphatic heterocycles. The lowest BCUT2D eigenvalue weighted by Gasteiger charge is -2.05. The summed E-state index contributed by atoms with van der Waals surface area (Å²) in [5.41, 5.74) is 4.62. The Hall–Kier alpha value is -2.71. The molecule has 0 aliphatic rings. The number of thioether (sulfide) groups is 1. The Balaban J connectivity index is 1.64. The molecule has 3 N–H and O–H groups in total. The molecule has 1 aromatic heterocycles. The van der Waals surface area contributed by atoms with E-state index in [2.05, 4.69) is 20.7 Å². The molecule has 0 radical (unpaired) electrons. The Morgan fingerprint density at radius 1 is 1.23 bits per heavy atom. The lowest BCUT2D eigenvalue weighted by atomic mass is 10.2. The average molecular weight is 389 g/mol. The Morgan fingerprint density at radius 2 is 2.00 bits per heavy atom. The summed E-state index contributed by atoms with van der Waals surface area (Å²) in [5.74, 6) is 7.71. The first-order valence-corrected chi connectivity index (χ1v) is 9.04. The number of aromatic nitrogens is 3. The molecule has 0 bridgehead atoms. The van der Waals surface area contributed by atoms with E-state index >= 15 is 0 Å². The summed E-state index contributed by atoms with van der Waals surface area (Å²) in [6.07, 6.45) is 1.63. The molecule has 0 aliphatic carbocycles. The van der Waals surface area contributed by atoms with Crippen LogP contribution in [0.1, 0.15) is 11.1 Å². The highest BCUT2D eigenvalue weighted by atomic mass is 35.5. The van der Waals surface area contributed by atoms with Gasteiger partial charge in [-0.05, 0) is 23.8 Å². The summed E-state index contributed by atoms with van der Waals surface area (Å²) in [4.78, 5) is 0. The fourth-order valence-electron chi connectivity index (χ4n) is 2.14. The van der Waals surface area contributed by atoms with Crippen LogP contribution in [0.15, 0.2) is 58.8 Å². The molecule has 3 aromatic rings. The van der Waals surface area contributed by atoms with Crippen LogP contribution < -0.4 is 16.0 Å². The first-order valence-electron chi connectivity index (χ1n) is 7.68. The van der Waals surface area contributed by atoms with Gasteiger partial charge in [-0.1, -0.05) is 53.7 Å². The van der Waals surface area contributed by atoms with E-state index in [-0.39, 0.29) is 0 Å². The van der Waals surface area contributed by atoms with Crippen LogP contribution in [0, 0.1) is 0 Å². The molecule has 26 heavy (non-hydrogen) atoms. The number of ether oxygens (including phenoxy) is 1. The highest BCUT2D eigenvalue weighted by Gasteiger charge is 2.10. The SMILES string of the molecule is COc1ccccc1/C=N/Nc1nnc(SCc2ccccc2Cl)n1N. The smallest absolute Gasteiger partial charge is 0.264 e. The molecule has 134 valence electrons. The number of rotatable bonds is 7. The molecule has 0 spiro atoms. The minimum Gasteiger partial charge on any atom is -0.496 e. The zero-order valence-corrected chi connectivity index (χ0v) is 15.5. The highest BCUT2D eigenvalue weighted by Crippen LogP contribution is 2.25. The Morgan fingerprint density at radius 3 is 2.81 bits per heavy atom. The molecule has 1 heterocycles. The predicted molar refractivity (Wildman–Crippen MR) is 105 cm³/mol. The van der Waals surface area contributed by atoms with Gasteiger partial charge in [0.15, 0.2) is 0 Å². The summed E-state index contributed by atoms with van der Waals surface area (Å²) in [5, 5.41) is 13.5. The third-order valence-corrected chi connectivity index (χ3v) is 4.85. The third-order valence-electron chi connectivity index (χ3n) is 3.49. The fraction of sp³-hybridized carbons (Fsp3) is 0.118. The second kappa shape index (κ2) is 8.59. The van der Waals surface area contributed by atoms with E-state index in [9.17, 15) is 0 Å². The summed E-state index contributed by atoms with van der Waals surface area (Å²) in [6.45, 7) is 0. The number of para-hydroxylation sites is 1. The van der Waals surface area contributed by atoms with Crippen LogP contribution in [-0.4, -0.2) is 28.2 Å². The maximum atomic E-state index is 6.16. The van der Waals surface area contributed by atoms with Crippen LogP contribution in [0.5, 0.6) is 5.75 Å². The number of nitrogens with zero attached hydrogens (tertiary/aromatic N) is 4. The molecule has 0 saturated heterocycles. The molecule has 0 amide bonds. The van der Waals surface area contributed by atoms with Crippen molar-refractivity contribution < 1.29 is 4.74 Å². The first kappa shape index (κ1) is 18.1. The van der Waals surface area contributed by atoms with E-state index in [0.717, 1.165) is 16.9 Å². The van der Waals surface area contributed by atoms with E-state index in [1.54, 1.807) is 13.3 Å². The molecule has 0 unspecified atom stereocenters. The third kappa shape index (κ3) is 4.27. The van der Waals surface area contributed by atoms with Gasteiger partial charge in [0.1, 0.15) is 5.75 Å². The van der Waals surface area contributed by atoms with Gasteiger partial charge in [0.2, 0.25) is 5.16 Å². The summed E-state index contributed by atoms with van der Waals surface area (Å²) in [6, 6.07) is 15.2. The van der Waals surface area contributed by atoms with E-state index in [1.807, 2.05) is 48.5 Å². The minimum absolute atomic E-state index is 0.331. The summed E-state index contributed by atoms with van der Waals surface area (Å²) >= 11 is 7.60. The van der Waals surface area contributed by atoms with Crippen molar-refractivity contribution in [3.8, 4) is 5.75 Å². The topological polar surface area (TPSA) is 90.3 Å². The molecule has 0 fully saturated rings. The molecular formula is C17H17ClN6OS. The number of hydrogen-bond acceptors (Lipinski definition) is 7. The van der Waals surface area contributed by atoms with Crippen LogP contribution in [0.25, 0.3) is 0 Å². The number of nitrogens with one attached hydrogen (secondary N) is 1. The second-order valence-corrected chi connectivity index (χ2v) is 6.52. The zero-order valence-electron chi connectivity index (χ0n) is 14.0. The van der Waals surface area contributed by atoms with Gasteiger partial charge in [-0.15, -0.1) is 10.2 Å². The fourth-order valence-corrected chi connectivity index (χ4v) is 3.28. The molecular weight excluding hydrogens is 372 g/mol. The van der Waals surface area contributed by atoms with Crippen LogP contribution in [0.4, 0.5) is 5.95 Å². The number of hydrogen-bond donors (Lipinski definition) is 2. The predicted octanol–water partition coefficient (Wildman–Crippen LogP) is 3.39. The Bertz CT molecular complexity index is 914. The normalized spacial score (nSPS) is 11.0. The van der Waals surface area contributed by atoms with Crippen molar-refractivity contribution in [1.82, 2.24) is 14.9 Å². The molecule has 0 saturated carbocycles. The Labute approximate surface area is 160 Å². The van der Waals surface area contributed by atoms with Gasteiger partial charge in [0, 0.05) is 16.3 Å². The van der Waals surface area contributed by atoms with Gasteiger partial charge < -0.3 is 10.6 Å². The average Bonchev–Trinajstić information content (AvgIpc) is 3.01. The molecule has 3 rings (SSSR count). The van der Waals surface area contributed by atoms with Gasteiger partial charge in [-0.2, -0.15) is 5.10 Å². The molecule has 2 aromatic carbocycles. The van der Waals surface area contributed by atoms with Gasteiger partial charge >= 0.3 is 0 Å². The van der Waals surface area contributed by atoms with E-state index in [0.29, 0.717) is 21.9 Å². The van der Waals surface area contributed by atoms with Crippen LogP contribution in [0.2, 0.25) is 5.02 Å². The number of halogens is 1. The van der Waals surface area contributed by atoms with Crippen LogP contribution in [-0.2, 0) is 5.75 Å². The number of benzene rings is 2. The van der Waals surface area contributed by atoms with Crippen molar-refractivity contribution >= 4 is 35.5 Å². The van der Waals surface area contributed by atoms with Crippen molar-refractivity contribution in [1.29, 1.82) is 0 Å². The van der Waals surface area contributed by atoms with Crippen LogP contribution >= 0.6 is 23.4 Å². The van der Waals surface area contributed by atoms with E-state index in [4.69, 9.17) is 22.2 Å². The number of nitrogen functional groups attached to an aromatic ring is 1. The van der Waals surface area contributed by atoms with Gasteiger partial charge in [0.25, 0.3) is 5.95 Å². The van der Waals surface area contributed by atoms with Gasteiger partial charge in [-0.3, -0.25) is 0 Å².